The predicted molar refractivity (Wildman–Crippen MR) is 124 cm³/mol. The van der Waals surface area contributed by atoms with Gasteiger partial charge in [0.15, 0.2) is 0 Å². The first-order chi connectivity index (χ1) is 15.4. The van der Waals surface area contributed by atoms with Gasteiger partial charge in [0.2, 0.25) is 5.91 Å². The highest BCUT2D eigenvalue weighted by Gasteiger charge is 2.31. The summed E-state index contributed by atoms with van der Waals surface area (Å²) in [6.07, 6.45) is 5.11. The summed E-state index contributed by atoms with van der Waals surface area (Å²) in [7, 11) is 1.80. The van der Waals surface area contributed by atoms with Gasteiger partial charge in [0, 0.05) is 39.1 Å². The quantitative estimate of drug-likeness (QED) is 0.638. The number of hydrogen-bond donors (Lipinski definition) is 0. The van der Waals surface area contributed by atoms with Crippen molar-refractivity contribution < 1.29 is 9.59 Å². The number of amides is 2. The lowest BCUT2D eigenvalue weighted by molar-refractivity contribution is -0.133. The van der Waals surface area contributed by atoms with E-state index in [2.05, 4.69) is 66.3 Å². The smallest absolute Gasteiger partial charge is 0.274 e. The summed E-state index contributed by atoms with van der Waals surface area (Å²) < 4.78 is 0. The summed E-state index contributed by atoms with van der Waals surface area (Å²) in [5, 5.41) is 0. The second kappa shape index (κ2) is 9.30. The van der Waals surface area contributed by atoms with E-state index in [1.54, 1.807) is 23.0 Å². The highest BCUT2D eigenvalue weighted by molar-refractivity contribution is 5.92. The van der Waals surface area contributed by atoms with E-state index in [9.17, 15) is 9.59 Å². The van der Waals surface area contributed by atoms with Gasteiger partial charge in [0.1, 0.15) is 5.69 Å². The molecule has 0 saturated carbocycles. The Morgan fingerprint density at radius 2 is 1.72 bits per heavy atom. The molecule has 4 rings (SSSR count). The number of aryl methyl sites for hydroxylation is 2. The van der Waals surface area contributed by atoms with Crippen LogP contribution in [-0.2, 0) is 11.2 Å². The molecule has 164 valence electrons. The predicted octanol–water partition coefficient (Wildman–Crippen LogP) is 3.53. The fraction of sp³-hybridized carbons (Fsp3) is 0.308. The Morgan fingerprint density at radius 3 is 2.38 bits per heavy atom. The molecule has 0 bridgehead atoms. The standard InChI is InChI=1S/C26H28N4O2/c1-18-12-19(2)14-22(13-18)21-6-4-20(5-7-21)15-23-17-30(11-10-29(3)25(23)31)26(32)24-16-27-8-9-28-24/h4-9,12-14,16,23H,10-11,15,17H2,1-3H3. The first kappa shape index (κ1) is 21.7. The summed E-state index contributed by atoms with van der Waals surface area (Å²) in [6.45, 7) is 5.57. The number of aromatic nitrogens is 2. The van der Waals surface area contributed by atoms with Crippen LogP contribution in [0, 0.1) is 19.8 Å². The third-order valence-corrected chi connectivity index (χ3v) is 5.93. The minimum Gasteiger partial charge on any atom is -0.344 e. The Bertz CT molecular complexity index is 1090. The number of carbonyl (C=O) groups is 2. The number of likely N-dealkylation sites (N-methyl/N-ethyl adjacent to an activating group) is 1. The molecule has 1 atom stereocenters. The van der Waals surface area contributed by atoms with Crippen molar-refractivity contribution in [2.75, 3.05) is 26.7 Å². The van der Waals surface area contributed by atoms with Gasteiger partial charge in [-0.3, -0.25) is 14.6 Å². The van der Waals surface area contributed by atoms with Crippen LogP contribution in [-0.4, -0.2) is 58.3 Å². The van der Waals surface area contributed by atoms with Crippen molar-refractivity contribution in [2.24, 2.45) is 5.92 Å². The number of nitrogens with zero attached hydrogens (tertiary/aromatic N) is 4. The number of benzene rings is 2. The molecule has 2 heterocycles. The molecule has 1 aromatic heterocycles. The van der Waals surface area contributed by atoms with E-state index < -0.39 is 0 Å². The van der Waals surface area contributed by atoms with Gasteiger partial charge in [0.25, 0.3) is 5.91 Å². The normalized spacial score (nSPS) is 16.7. The molecule has 3 aromatic rings. The van der Waals surface area contributed by atoms with E-state index in [0.29, 0.717) is 31.7 Å². The van der Waals surface area contributed by atoms with Gasteiger partial charge in [-0.25, -0.2) is 4.98 Å². The third kappa shape index (κ3) is 4.85. The molecule has 1 fully saturated rings. The summed E-state index contributed by atoms with van der Waals surface area (Å²) in [6, 6.07) is 14.9. The van der Waals surface area contributed by atoms with Crippen LogP contribution in [0.25, 0.3) is 11.1 Å². The molecule has 2 amide bonds. The van der Waals surface area contributed by atoms with E-state index in [4.69, 9.17) is 0 Å². The van der Waals surface area contributed by atoms with Crippen molar-refractivity contribution in [3.63, 3.8) is 0 Å². The van der Waals surface area contributed by atoms with E-state index in [1.165, 1.54) is 29.1 Å². The molecule has 0 N–H and O–H groups in total. The minimum absolute atomic E-state index is 0.0674. The van der Waals surface area contributed by atoms with Crippen LogP contribution in [0.15, 0.2) is 61.1 Å². The fourth-order valence-electron chi connectivity index (χ4n) is 4.29. The summed E-state index contributed by atoms with van der Waals surface area (Å²) >= 11 is 0. The van der Waals surface area contributed by atoms with Crippen LogP contribution in [0.4, 0.5) is 0 Å². The highest BCUT2D eigenvalue weighted by atomic mass is 16.2. The summed E-state index contributed by atoms with van der Waals surface area (Å²) in [5.74, 6) is -0.413. The molecule has 32 heavy (non-hydrogen) atoms. The summed E-state index contributed by atoms with van der Waals surface area (Å²) in [4.78, 5) is 37.5. The molecule has 1 saturated heterocycles. The van der Waals surface area contributed by atoms with Crippen LogP contribution in [0.3, 0.4) is 0 Å². The SMILES string of the molecule is Cc1cc(C)cc(-c2ccc(CC3CN(C(=O)c4cnccn4)CCN(C)C3=O)cc2)c1. The fourth-order valence-corrected chi connectivity index (χ4v) is 4.29. The lowest BCUT2D eigenvalue weighted by atomic mass is 9.95. The van der Waals surface area contributed by atoms with Crippen LogP contribution in [0.5, 0.6) is 0 Å². The lowest BCUT2D eigenvalue weighted by Gasteiger charge is -2.23. The Labute approximate surface area is 188 Å². The molecule has 6 heteroatoms. The topological polar surface area (TPSA) is 66.4 Å². The van der Waals surface area contributed by atoms with E-state index >= 15 is 0 Å². The van der Waals surface area contributed by atoms with Crippen LogP contribution >= 0.6 is 0 Å². The second-order valence-electron chi connectivity index (χ2n) is 8.58. The molecule has 0 radical (unpaired) electrons. The molecule has 6 nitrogen and oxygen atoms in total. The van der Waals surface area contributed by atoms with Gasteiger partial charge >= 0.3 is 0 Å². The van der Waals surface area contributed by atoms with Gasteiger partial charge in [-0.15, -0.1) is 0 Å². The third-order valence-electron chi connectivity index (χ3n) is 5.93. The zero-order chi connectivity index (χ0) is 22.7. The van der Waals surface area contributed by atoms with Gasteiger partial charge in [0.05, 0.1) is 12.1 Å². The van der Waals surface area contributed by atoms with Crippen LogP contribution in [0.2, 0.25) is 0 Å². The average Bonchev–Trinajstić information content (AvgIpc) is 2.93. The van der Waals surface area contributed by atoms with E-state index in [-0.39, 0.29) is 17.7 Å². The van der Waals surface area contributed by atoms with Crippen molar-refractivity contribution in [2.45, 2.75) is 20.3 Å². The van der Waals surface area contributed by atoms with Gasteiger partial charge in [-0.1, -0.05) is 53.6 Å². The van der Waals surface area contributed by atoms with E-state index in [0.717, 1.165) is 11.1 Å². The van der Waals surface area contributed by atoms with Gasteiger partial charge in [-0.05, 0) is 37.0 Å². The Balaban J connectivity index is 1.52. The van der Waals surface area contributed by atoms with Crippen molar-refractivity contribution in [3.8, 4) is 11.1 Å². The number of rotatable bonds is 4. The van der Waals surface area contributed by atoms with Crippen LogP contribution < -0.4 is 0 Å². The number of hydrogen-bond acceptors (Lipinski definition) is 4. The van der Waals surface area contributed by atoms with Crippen molar-refractivity contribution >= 4 is 11.8 Å². The maximum Gasteiger partial charge on any atom is 0.274 e. The van der Waals surface area contributed by atoms with Crippen molar-refractivity contribution in [1.29, 1.82) is 0 Å². The van der Waals surface area contributed by atoms with E-state index in [1.807, 2.05) is 0 Å². The van der Waals surface area contributed by atoms with Gasteiger partial charge in [-0.2, -0.15) is 0 Å². The monoisotopic (exact) mass is 428 g/mol. The summed E-state index contributed by atoms with van der Waals surface area (Å²) in [5.41, 5.74) is 6.22. The molecule has 1 aliphatic rings. The molecule has 2 aromatic carbocycles. The van der Waals surface area contributed by atoms with Gasteiger partial charge < -0.3 is 9.80 Å². The molecule has 1 aliphatic heterocycles. The molecular formula is C26H28N4O2. The maximum absolute atomic E-state index is 13.0. The lowest BCUT2D eigenvalue weighted by Crippen LogP contribution is -2.37. The second-order valence-corrected chi connectivity index (χ2v) is 8.58. The van der Waals surface area contributed by atoms with Crippen molar-refractivity contribution in [1.82, 2.24) is 19.8 Å². The average molecular weight is 429 g/mol. The molecule has 1 unspecified atom stereocenters. The first-order valence-electron chi connectivity index (χ1n) is 10.9. The molecule has 0 spiro atoms. The Hall–Kier alpha value is -3.54. The molecule has 0 aliphatic carbocycles. The Morgan fingerprint density at radius 1 is 1.00 bits per heavy atom. The van der Waals surface area contributed by atoms with Crippen LogP contribution in [0.1, 0.15) is 27.2 Å². The first-order valence-corrected chi connectivity index (χ1v) is 10.9. The van der Waals surface area contributed by atoms with Crippen molar-refractivity contribution in [3.05, 3.63) is 83.4 Å². The Kier molecular flexibility index (Phi) is 6.30. The molecular weight excluding hydrogens is 400 g/mol. The largest absolute Gasteiger partial charge is 0.344 e. The number of carbonyl (C=O) groups excluding carboxylic acids is 2. The zero-order valence-electron chi connectivity index (χ0n) is 18.8. The minimum atomic E-state index is -0.296. The highest BCUT2D eigenvalue weighted by Crippen LogP contribution is 2.24. The zero-order valence-corrected chi connectivity index (χ0v) is 18.8. The maximum atomic E-state index is 13.0.